The van der Waals surface area contributed by atoms with Crippen LogP contribution in [0.25, 0.3) is 0 Å². The molecule has 0 aliphatic heterocycles. The fourth-order valence-corrected chi connectivity index (χ4v) is 3.41. The number of aryl methyl sites for hydroxylation is 1. The summed E-state index contributed by atoms with van der Waals surface area (Å²) >= 11 is 1.23. The van der Waals surface area contributed by atoms with Crippen LogP contribution in [0.5, 0.6) is 0 Å². The Kier molecular flexibility index (Phi) is 7.18. The molecular weight excluding hydrogens is 410 g/mol. The first kappa shape index (κ1) is 21.5. The van der Waals surface area contributed by atoms with E-state index >= 15 is 0 Å². The minimum absolute atomic E-state index is 0.0796. The van der Waals surface area contributed by atoms with Crippen LogP contribution in [0.1, 0.15) is 17.0 Å². The molecule has 2 aromatic carbocycles. The van der Waals surface area contributed by atoms with Gasteiger partial charge in [-0.05, 0) is 24.6 Å². The molecule has 0 saturated carbocycles. The zero-order chi connectivity index (χ0) is 21.5. The monoisotopic (exact) mass is 430 g/mol. The molecule has 9 heteroatoms. The number of amides is 2. The number of nitrogens with zero attached hydrogens (tertiary/aromatic N) is 1. The van der Waals surface area contributed by atoms with Crippen LogP contribution >= 0.6 is 11.8 Å². The van der Waals surface area contributed by atoms with Gasteiger partial charge in [0.15, 0.2) is 16.8 Å². The maximum absolute atomic E-state index is 13.1. The molecule has 3 aromatic rings. The zero-order valence-electron chi connectivity index (χ0n) is 16.2. The number of aromatic amines is 1. The van der Waals surface area contributed by atoms with E-state index in [2.05, 4.69) is 20.6 Å². The number of carbonyl (C=O) groups excluding carboxylic acids is 2. The Morgan fingerprint density at radius 1 is 1.07 bits per heavy atom. The van der Waals surface area contributed by atoms with Crippen molar-refractivity contribution in [3.8, 4) is 0 Å². The van der Waals surface area contributed by atoms with Crippen molar-refractivity contribution in [1.29, 1.82) is 0 Å². The van der Waals surface area contributed by atoms with Gasteiger partial charge in [-0.2, -0.15) is 0 Å². The molecular formula is C21H20F2N4O2S. The van der Waals surface area contributed by atoms with E-state index in [0.717, 1.165) is 29.1 Å². The van der Waals surface area contributed by atoms with E-state index in [9.17, 15) is 18.4 Å². The summed E-state index contributed by atoms with van der Waals surface area (Å²) in [7, 11) is 0. The predicted molar refractivity (Wildman–Crippen MR) is 111 cm³/mol. The minimum Gasteiger partial charge on any atom is -0.346 e. The van der Waals surface area contributed by atoms with Crippen LogP contribution in [0, 0.1) is 18.6 Å². The molecule has 3 rings (SSSR count). The summed E-state index contributed by atoms with van der Waals surface area (Å²) in [5, 5.41) is 5.49. The molecule has 0 fully saturated rings. The van der Waals surface area contributed by atoms with E-state index in [4.69, 9.17) is 0 Å². The molecule has 3 N–H and O–H groups in total. The third-order valence-electron chi connectivity index (χ3n) is 4.17. The fourth-order valence-electron chi connectivity index (χ4n) is 2.64. The molecule has 0 aliphatic rings. The number of nitrogens with one attached hydrogen (secondary N) is 3. The average molecular weight is 430 g/mol. The Morgan fingerprint density at radius 3 is 2.57 bits per heavy atom. The van der Waals surface area contributed by atoms with E-state index in [-0.39, 0.29) is 23.9 Å². The first-order valence-electron chi connectivity index (χ1n) is 9.14. The first-order chi connectivity index (χ1) is 14.4. The number of benzene rings is 2. The number of thioether (sulfide) groups is 1. The van der Waals surface area contributed by atoms with Gasteiger partial charge in [0.1, 0.15) is 0 Å². The number of halogens is 2. The van der Waals surface area contributed by atoms with Crippen LogP contribution in [0.15, 0.2) is 53.7 Å². The van der Waals surface area contributed by atoms with Crippen LogP contribution in [-0.4, -0.2) is 34.1 Å². The van der Waals surface area contributed by atoms with Crippen molar-refractivity contribution in [2.75, 3.05) is 17.6 Å². The first-order valence-corrected chi connectivity index (χ1v) is 10.1. The lowest BCUT2D eigenvalue weighted by atomic mass is 10.1. The largest absolute Gasteiger partial charge is 0.346 e. The van der Waals surface area contributed by atoms with Crippen LogP contribution in [0.4, 0.5) is 14.5 Å². The summed E-state index contributed by atoms with van der Waals surface area (Å²) < 4.78 is 26.0. The lowest BCUT2D eigenvalue weighted by molar-refractivity contribution is -0.122. The summed E-state index contributed by atoms with van der Waals surface area (Å²) in [6.07, 6.45) is 0.695. The van der Waals surface area contributed by atoms with Gasteiger partial charge in [-0.25, -0.2) is 13.8 Å². The standard InChI is InChI=1S/C21H20F2N4O2S/c1-13-18(9-14-5-3-2-4-6-14)27-21(25-13)30-12-20(29)24-11-19(28)26-15-7-8-16(22)17(23)10-15/h2-8,10H,9,11-12H2,1H3,(H,24,29)(H,25,27)(H,26,28). The number of H-pyrrole nitrogens is 1. The third kappa shape index (κ3) is 6.15. The molecule has 0 spiro atoms. The highest BCUT2D eigenvalue weighted by molar-refractivity contribution is 7.99. The van der Waals surface area contributed by atoms with Crippen LogP contribution in [-0.2, 0) is 16.0 Å². The lowest BCUT2D eigenvalue weighted by Gasteiger charge is -2.07. The summed E-state index contributed by atoms with van der Waals surface area (Å²) in [5.41, 5.74) is 3.11. The molecule has 0 radical (unpaired) electrons. The molecule has 1 aromatic heterocycles. The van der Waals surface area contributed by atoms with Crippen molar-refractivity contribution >= 4 is 29.3 Å². The van der Waals surface area contributed by atoms with E-state index < -0.39 is 17.5 Å². The zero-order valence-corrected chi connectivity index (χ0v) is 17.0. The van der Waals surface area contributed by atoms with Crippen molar-refractivity contribution in [3.63, 3.8) is 0 Å². The molecule has 0 bridgehead atoms. The highest BCUT2D eigenvalue weighted by Crippen LogP contribution is 2.19. The number of aromatic nitrogens is 2. The number of hydrogen-bond acceptors (Lipinski definition) is 4. The number of imidazole rings is 1. The molecule has 0 aliphatic carbocycles. The van der Waals surface area contributed by atoms with Gasteiger partial charge in [-0.15, -0.1) is 0 Å². The van der Waals surface area contributed by atoms with Crippen LogP contribution in [0.2, 0.25) is 0 Å². The topological polar surface area (TPSA) is 86.9 Å². The maximum atomic E-state index is 13.1. The average Bonchev–Trinajstić information content (AvgIpc) is 3.07. The molecule has 6 nitrogen and oxygen atoms in total. The molecule has 1 heterocycles. The number of rotatable bonds is 8. The summed E-state index contributed by atoms with van der Waals surface area (Å²) in [6, 6.07) is 13.0. The molecule has 0 unspecified atom stereocenters. The highest BCUT2D eigenvalue weighted by Gasteiger charge is 2.12. The van der Waals surface area contributed by atoms with Gasteiger partial charge in [0.25, 0.3) is 0 Å². The van der Waals surface area contributed by atoms with Crippen molar-refractivity contribution in [1.82, 2.24) is 15.3 Å². The van der Waals surface area contributed by atoms with E-state index in [1.54, 1.807) is 0 Å². The van der Waals surface area contributed by atoms with Crippen molar-refractivity contribution in [2.45, 2.75) is 18.5 Å². The second-order valence-corrected chi connectivity index (χ2v) is 7.48. The molecule has 0 atom stereocenters. The Morgan fingerprint density at radius 2 is 1.83 bits per heavy atom. The van der Waals surface area contributed by atoms with Gasteiger partial charge in [0, 0.05) is 23.9 Å². The third-order valence-corrected chi connectivity index (χ3v) is 5.04. The maximum Gasteiger partial charge on any atom is 0.243 e. The van der Waals surface area contributed by atoms with Crippen molar-refractivity contribution in [2.24, 2.45) is 0 Å². The predicted octanol–water partition coefficient (Wildman–Crippen LogP) is 3.43. The summed E-state index contributed by atoms with van der Waals surface area (Å²) in [4.78, 5) is 31.5. The quantitative estimate of drug-likeness (QED) is 0.478. The lowest BCUT2D eigenvalue weighted by Crippen LogP contribution is -2.33. The smallest absolute Gasteiger partial charge is 0.243 e. The number of carbonyl (C=O) groups is 2. The Labute approximate surface area is 176 Å². The Hall–Kier alpha value is -3.20. The van der Waals surface area contributed by atoms with Gasteiger partial charge < -0.3 is 15.6 Å². The molecule has 30 heavy (non-hydrogen) atoms. The second-order valence-electron chi connectivity index (χ2n) is 6.52. The summed E-state index contributed by atoms with van der Waals surface area (Å²) in [5.74, 6) is -2.87. The van der Waals surface area contributed by atoms with Crippen molar-refractivity contribution < 1.29 is 18.4 Å². The fraction of sp³-hybridized carbons (Fsp3) is 0.190. The number of hydrogen-bond donors (Lipinski definition) is 3. The molecule has 0 saturated heterocycles. The van der Waals surface area contributed by atoms with Crippen LogP contribution < -0.4 is 10.6 Å². The van der Waals surface area contributed by atoms with Gasteiger partial charge in [-0.3, -0.25) is 9.59 Å². The van der Waals surface area contributed by atoms with E-state index in [1.165, 1.54) is 17.8 Å². The van der Waals surface area contributed by atoms with Gasteiger partial charge in [0.2, 0.25) is 11.8 Å². The number of anilines is 1. The SMILES string of the molecule is Cc1[nH]c(SCC(=O)NCC(=O)Nc2ccc(F)c(F)c2)nc1Cc1ccccc1. The van der Waals surface area contributed by atoms with Gasteiger partial charge in [-0.1, -0.05) is 42.1 Å². The van der Waals surface area contributed by atoms with Gasteiger partial charge in [0.05, 0.1) is 18.0 Å². The second kappa shape index (κ2) is 10.0. The molecule has 2 amide bonds. The highest BCUT2D eigenvalue weighted by atomic mass is 32.2. The van der Waals surface area contributed by atoms with E-state index in [1.807, 2.05) is 37.3 Å². The van der Waals surface area contributed by atoms with E-state index in [0.29, 0.717) is 11.6 Å². The van der Waals surface area contributed by atoms with Crippen molar-refractivity contribution in [3.05, 3.63) is 77.1 Å². The Balaban J connectivity index is 1.43. The minimum atomic E-state index is -1.06. The molecule has 156 valence electrons. The summed E-state index contributed by atoms with van der Waals surface area (Å²) in [6.45, 7) is 1.65. The van der Waals surface area contributed by atoms with Gasteiger partial charge >= 0.3 is 0 Å². The normalized spacial score (nSPS) is 10.6. The Bertz CT molecular complexity index is 1040. The van der Waals surface area contributed by atoms with Crippen LogP contribution in [0.3, 0.4) is 0 Å².